The second kappa shape index (κ2) is 12.6. The molecule has 2 N–H and O–H groups in total. The van der Waals surface area contributed by atoms with Crippen LogP contribution in [0.3, 0.4) is 0 Å². The van der Waals surface area contributed by atoms with Gasteiger partial charge in [-0.1, -0.05) is 56.3 Å². The van der Waals surface area contributed by atoms with Crippen LogP contribution in [-0.2, 0) is 11.2 Å². The van der Waals surface area contributed by atoms with E-state index in [0.29, 0.717) is 23.6 Å². The van der Waals surface area contributed by atoms with Crippen LogP contribution in [-0.4, -0.2) is 51.6 Å². The molecule has 0 saturated carbocycles. The van der Waals surface area contributed by atoms with E-state index in [0.717, 1.165) is 16.7 Å². The number of carbonyl (C=O) groups is 2. The first kappa shape index (κ1) is 30.3. The molecule has 0 bridgehead atoms. The van der Waals surface area contributed by atoms with Gasteiger partial charge in [0.25, 0.3) is 5.91 Å². The third-order valence-corrected chi connectivity index (χ3v) is 6.81. The number of ether oxygens (including phenoxy) is 1. The number of guanidine groups is 1. The van der Waals surface area contributed by atoms with Gasteiger partial charge in [-0.25, -0.2) is 24.4 Å². The molecule has 1 unspecified atom stereocenters. The van der Waals surface area contributed by atoms with Crippen LogP contribution in [0.5, 0.6) is 5.75 Å². The lowest BCUT2D eigenvalue weighted by Gasteiger charge is -2.24. The SMILES string of the molecule is CC(Cc1ccc(-c2ncn(-c3ccc(OC(F)(F)F)cc3)n2)cc1)NC(=O)NC1=NCC(=O)N1c1ccccc1C(C)C. The molecule has 5 rings (SSSR count). The molecule has 4 aromatic rings. The monoisotopic (exact) mass is 605 g/mol. The summed E-state index contributed by atoms with van der Waals surface area (Å²) in [5.41, 5.74) is 3.90. The van der Waals surface area contributed by atoms with E-state index in [4.69, 9.17) is 0 Å². The first-order valence-corrected chi connectivity index (χ1v) is 13.9. The number of hydrogen-bond donors (Lipinski definition) is 2. The maximum Gasteiger partial charge on any atom is 0.573 e. The van der Waals surface area contributed by atoms with Crippen molar-refractivity contribution >= 4 is 23.6 Å². The number of nitrogens with one attached hydrogen (secondary N) is 2. The standard InChI is InChI=1S/C31H30F3N7O3/c1-19(2)25-6-4-5-7-26(25)41-27(42)17-35-29(41)38-30(43)37-20(3)16-21-8-10-22(11-9-21)28-36-18-40(39-28)23-12-14-24(15-13-23)44-31(32,33)34/h4-15,18-20H,16-17H2,1-3H3,(H2,35,37,38,43). The summed E-state index contributed by atoms with van der Waals surface area (Å²) >= 11 is 0. The van der Waals surface area contributed by atoms with Gasteiger partial charge in [-0.3, -0.25) is 10.1 Å². The molecule has 1 aliphatic heterocycles. The Hall–Kier alpha value is -5.20. The predicted molar refractivity (Wildman–Crippen MR) is 159 cm³/mol. The molecule has 0 saturated heterocycles. The molecule has 2 heterocycles. The lowest BCUT2D eigenvalue weighted by atomic mass is 10.0. The number of hydrogen-bond acceptors (Lipinski definition) is 6. The first-order valence-electron chi connectivity index (χ1n) is 13.9. The smallest absolute Gasteiger partial charge is 0.406 e. The number of urea groups is 1. The summed E-state index contributed by atoms with van der Waals surface area (Å²) in [5.74, 6) is 0.266. The summed E-state index contributed by atoms with van der Waals surface area (Å²) in [6.45, 7) is 5.91. The summed E-state index contributed by atoms with van der Waals surface area (Å²) in [6.07, 6.45) is -2.76. The average molecular weight is 606 g/mol. The van der Waals surface area contributed by atoms with Gasteiger partial charge >= 0.3 is 12.4 Å². The molecule has 0 aliphatic carbocycles. The Kier molecular flexibility index (Phi) is 8.65. The van der Waals surface area contributed by atoms with Gasteiger partial charge in [-0.15, -0.1) is 18.3 Å². The van der Waals surface area contributed by atoms with Crippen LogP contribution in [0, 0.1) is 0 Å². The Balaban J connectivity index is 1.16. The van der Waals surface area contributed by atoms with Gasteiger partial charge in [-0.05, 0) is 60.7 Å². The summed E-state index contributed by atoms with van der Waals surface area (Å²) in [4.78, 5) is 35.5. The first-order chi connectivity index (χ1) is 21.0. The fourth-order valence-corrected chi connectivity index (χ4v) is 4.80. The minimum atomic E-state index is -4.76. The lowest BCUT2D eigenvalue weighted by Crippen LogP contribution is -2.50. The van der Waals surface area contributed by atoms with Crippen molar-refractivity contribution in [1.29, 1.82) is 0 Å². The number of amides is 3. The summed E-state index contributed by atoms with van der Waals surface area (Å²) < 4.78 is 42.6. The highest BCUT2D eigenvalue weighted by molar-refractivity contribution is 6.23. The zero-order valence-electron chi connectivity index (χ0n) is 24.2. The van der Waals surface area contributed by atoms with E-state index in [1.807, 2.05) is 69.3 Å². The number of aromatic nitrogens is 3. The number of nitrogens with zero attached hydrogens (tertiary/aromatic N) is 5. The van der Waals surface area contributed by atoms with Crippen molar-refractivity contribution in [2.24, 2.45) is 4.99 Å². The maximum absolute atomic E-state index is 12.8. The van der Waals surface area contributed by atoms with Crippen molar-refractivity contribution in [3.05, 3.63) is 90.3 Å². The van der Waals surface area contributed by atoms with Gasteiger partial charge < -0.3 is 10.1 Å². The summed E-state index contributed by atoms with van der Waals surface area (Å²) in [6, 6.07) is 19.7. The molecular formula is C31H30F3N7O3. The zero-order valence-corrected chi connectivity index (χ0v) is 24.2. The van der Waals surface area contributed by atoms with Crippen LogP contribution in [0.1, 0.15) is 37.8 Å². The van der Waals surface area contributed by atoms with Crippen LogP contribution in [0.15, 0.2) is 84.1 Å². The van der Waals surface area contributed by atoms with Crippen molar-refractivity contribution in [3.63, 3.8) is 0 Å². The van der Waals surface area contributed by atoms with Crippen LogP contribution in [0.2, 0.25) is 0 Å². The molecule has 1 aromatic heterocycles. The maximum atomic E-state index is 12.8. The average Bonchev–Trinajstić information content (AvgIpc) is 3.60. The molecule has 1 aliphatic rings. The van der Waals surface area contributed by atoms with Crippen molar-refractivity contribution < 1.29 is 27.5 Å². The molecule has 10 nitrogen and oxygen atoms in total. The van der Waals surface area contributed by atoms with Crippen LogP contribution >= 0.6 is 0 Å². The zero-order chi connectivity index (χ0) is 31.4. The van der Waals surface area contributed by atoms with E-state index in [-0.39, 0.29) is 36.1 Å². The second-order valence-corrected chi connectivity index (χ2v) is 10.5. The number of carbonyl (C=O) groups excluding carboxylic acids is 2. The highest BCUT2D eigenvalue weighted by atomic mass is 19.4. The molecular weight excluding hydrogens is 575 g/mol. The molecule has 1 atom stereocenters. The molecule has 3 aromatic carbocycles. The van der Waals surface area contributed by atoms with Gasteiger partial charge in [-0.2, -0.15) is 0 Å². The summed E-state index contributed by atoms with van der Waals surface area (Å²) in [7, 11) is 0. The molecule has 0 fully saturated rings. The molecule has 3 amide bonds. The molecule has 44 heavy (non-hydrogen) atoms. The van der Waals surface area contributed by atoms with Crippen molar-refractivity contribution in [2.45, 2.75) is 45.5 Å². The molecule has 13 heteroatoms. The fourth-order valence-electron chi connectivity index (χ4n) is 4.80. The minimum Gasteiger partial charge on any atom is -0.406 e. The molecule has 0 spiro atoms. The Morgan fingerprint density at radius 3 is 2.39 bits per heavy atom. The Morgan fingerprint density at radius 2 is 1.70 bits per heavy atom. The Labute approximate surface area is 251 Å². The number of anilines is 1. The van der Waals surface area contributed by atoms with Crippen LogP contribution < -0.4 is 20.3 Å². The van der Waals surface area contributed by atoms with E-state index in [1.165, 1.54) is 40.2 Å². The van der Waals surface area contributed by atoms with Gasteiger partial charge in [0.05, 0.1) is 11.4 Å². The van der Waals surface area contributed by atoms with Gasteiger partial charge in [0.1, 0.15) is 18.6 Å². The third-order valence-electron chi connectivity index (χ3n) is 6.81. The lowest BCUT2D eigenvalue weighted by molar-refractivity contribution is -0.274. The largest absolute Gasteiger partial charge is 0.573 e. The highest BCUT2D eigenvalue weighted by Gasteiger charge is 2.31. The normalized spacial score (nSPS) is 14.0. The number of para-hydroxylation sites is 1. The van der Waals surface area contributed by atoms with Gasteiger partial charge in [0.15, 0.2) is 5.82 Å². The second-order valence-electron chi connectivity index (χ2n) is 10.5. The van der Waals surface area contributed by atoms with Crippen molar-refractivity contribution in [3.8, 4) is 22.8 Å². The topological polar surface area (TPSA) is 114 Å². The molecule has 228 valence electrons. The van der Waals surface area contributed by atoms with E-state index in [1.54, 1.807) is 0 Å². The van der Waals surface area contributed by atoms with E-state index < -0.39 is 12.4 Å². The Morgan fingerprint density at radius 1 is 1.00 bits per heavy atom. The van der Waals surface area contributed by atoms with Gasteiger partial charge in [0, 0.05) is 11.6 Å². The van der Waals surface area contributed by atoms with Gasteiger partial charge in [0.2, 0.25) is 5.96 Å². The number of aliphatic imine (C=N–C) groups is 1. The van der Waals surface area contributed by atoms with Crippen molar-refractivity contribution in [1.82, 2.24) is 25.4 Å². The minimum absolute atomic E-state index is 0.0414. The van der Waals surface area contributed by atoms with Crippen LogP contribution in [0.4, 0.5) is 23.7 Å². The van der Waals surface area contributed by atoms with E-state index in [2.05, 4.69) is 30.4 Å². The predicted octanol–water partition coefficient (Wildman–Crippen LogP) is 5.59. The van der Waals surface area contributed by atoms with E-state index in [9.17, 15) is 22.8 Å². The number of rotatable bonds is 8. The number of halogens is 3. The number of benzene rings is 3. The third kappa shape index (κ3) is 7.22. The van der Waals surface area contributed by atoms with E-state index >= 15 is 0 Å². The quantitative estimate of drug-likeness (QED) is 0.272. The highest BCUT2D eigenvalue weighted by Crippen LogP contribution is 2.29. The number of alkyl halides is 3. The summed E-state index contributed by atoms with van der Waals surface area (Å²) in [5, 5.41) is 10.0. The molecule has 0 radical (unpaired) electrons. The van der Waals surface area contributed by atoms with Crippen LogP contribution in [0.25, 0.3) is 17.1 Å². The Bertz CT molecular complexity index is 1670. The van der Waals surface area contributed by atoms with Crippen molar-refractivity contribution in [2.75, 3.05) is 11.4 Å². The fraction of sp³-hybridized carbons (Fsp3) is 0.258.